The van der Waals surface area contributed by atoms with E-state index < -0.39 is 14.9 Å². The summed E-state index contributed by atoms with van der Waals surface area (Å²) in [7, 11) is -3.59. The summed E-state index contributed by atoms with van der Waals surface area (Å²) in [4.78, 5) is 22.5. The molecule has 2 fully saturated rings. The third kappa shape index (κ3) is 4.84. The number of benzene rings is 1. The van der Waals surface area contributed by atoms with Gasteiger partial charge in [0.1, 0.15) is 6.33 Å². The van der Waals surface area contributed by atoms with Crippen molar-refractivity contribution in [3.8, 4) is 0 Å². The predicted octanol–water partition coefficient (Wildman–Crippen LogP) is 4.56. The third-order valence-corrected chi connectivity index (χ3v) is 9.20. The van der Waals surface area contributed by atoms with E-state index in [4.69, 9.17) is 0 Å². The first kappa shape index (κ1) is 25.3. The molecule has 0 radical (unpaired) electrons. The van der Waals surface area contributed by atoms with Crippen molar-refractivity contribution in [1.82, 2.24) is 14.3 Å². The van der Waals surface area contributed by atoms with Gasteiger partial charge in [0.25, 0.3) is 0 Å². The second kappa shape index (κ2) is 9.02. The number of fused-ring (bicyclic) bond motifs is 2. The van der Waals surface area contributed by atoms with Crippen molar-refractivity contribution < 1.29 is 13.3 Å². The SMILES string of the molecule is CCN(CC)S(=O)(=O)c1ccc(Nc2ncnc(N3CC4(C)CC3CC(C)(C)C4)c2[N+](=O)[O-])cc1. The van der Waals surface area contributed by atoms with E-state index >= 15 is 0 Å². The lowest BCUT2D eigenvalue weighted by molar-refractivity contribution is -0.383. The zero-order valence-corrected chi connectivity index (χ0v) is 21.8. The molecule has 2 heterocycles. The van der Waals surface area contributed by atoms with Gasteiger partial charge in [-0.1, -0.05) is 34.6 Å². The monoisotopic (exact) mass is 502 g/mol. The lowest BCUT2D eigenvalue weighted by atomic mass is 9.65. The zero-order valence-electron chi connectivity index (χ0n) is 21.0. The van der Waals surface area contributed by atoms with Gasteiger partial charge in [-0.25, -0.2) is 18.4 Å². The molecule has 1 N–H and O–H groups in total. The fraction of sp³-hybridized carbons (Fsp3) is 0.583. The minimum atomic E-state index is -3.59. The maximum Gasteiger partial charge on any atom is 0.353 e. The molecule has 10 nitrogen and oxygen atoms in total. The van der Waals surface area contributed by atoms with Gasteiger partial charge in [-0.3, -0.25) is 10.1 Å². The van der Waals surface area contributed by atoms with Crippen LogP contribution in [0.25, 0.3) is 0 Å². The minimum Gasteiger partial charge on any atom is -0.347 e. The summed E-state index contributed by atoms with van der Waals surface area (Å²) >= 11 is 0. The molecule has 1 saturated heterocycles. The Kier molecular flexibility index (Phi) is 6.52. The highest BCUT2D eigenvalue weighted by Gasteiger charge is 2.51. The molecule has 2 aliphatic rings. The molecule has 1 saturated carbocycles. The fourth-order valence-corrected chi connectivity index (χ4v) is 7.56. The van der Waals surface area contributed by atoms with Gasteiger partial charge in [-0.2, -0.15) is 4.31 Å². The summed E-state index contributed by atoms with van der Waals surface area (Å²) in [6.45, 7) is 11.8. The van der Waals surface area contributed by atoms with E-state index in [9.17, 15) is 18.5 Å². The number of hydrogen-bond acceptors (Lipinski definition) is 8. The molecule has 11 heteroatoms. The van der Waals surface area contributed by atoms with E-state index in [-0.39, 0.29) is 33.3 Å². The lowest BCUT2D eigenvalue weighted by Crippen LogP contribution is -2.35. The van der Waals surface area contributed by atoms with Gasteiger partial charge in [0, 0.05) is 31.4 Å². The predicted molar refractivity (Wildman–Crippen MR) is 135 cm³/mol. The van der Waals surface area contributed by atoms with E-state index in [0.29, 0.717) is 24.6 Å². The van der Waals surface area contributed by atoms with Crippen molar-refractivity contribution in [1.29, 1.82) is 0 Å². The molecule has 1 aliphatic carbocycles. The second-order valence-corrected chi connectivity index (χ2v) is 12.7. The second-order valence-electron chi connectivity index (χ2n) is 10.7. The van der Waals surface area contributed by atoms with E-state index in [0.717, 1.165) is 25.8 Å². The van der Waals surface area contributed by atoms with Crippen molar-refractivity contribution in [2.24, 2.45) is 10.8 Å². The summed E-state index contributed by atoms with van der Waals surface area (Å²) in [5.74, 6) is 0.421. The van der Waals surface area contributed by atoms with Crippen LogP contribution in [-0.2, 0) is 10.0 Å². The van der Waals surface area contributed by atoms with Crippen molar-refractivity contribution in [2.75, 3.05) is 29.9 Å². The molecule has 0 spiro atoms. The summed E-state index contributed by atoms with van der Waals surface area (Å²) in [5, 5.41) is 15.2. The number of nitrogens with zero attached hydrogens (tertiary/aromatic N) is 5. The molecule has 1 aliphatic heterocycles. The topological polar surface area (TPSA) is 122 Å². The molecule has 1 aromatic heterocycles. The molecule has 1 aromatic carbocycles. The average molecular weight is 503 g/mol. The Morgan fingerprint density at radius 3 is 2.40 bits per heavy atom. The number of rotatable bonds is 8. The van der Waals surface area contributed by atoms with Crippen LogP contribution in [0.2, 0.25) is 0 Å². The smallest absolute Gasteiger partial charge is 0.347 e. The Morgan fingerprint density at radius 2 is 1.80 bits per heavy atom. The maximum absolute atomic E-state index is 12.8. The summed E-state index contributed by atoms with van der Waals surface area (Å²) in [6, 6.07) is 6.37. The molecule has 2 unspecified atom stereocenters. The van der Waals surface area contributed by atoms with Crippen LogP contribution in [0.15, 0.2) is 35.5 Å². The highest BCUT2D eigenvalue weighted by molar-refractivity contribution is 7.89. The quantitative estimate of drug-likeness (QED) is 0.412. The summed E-state index contributed by atoms with van der Waals surface area (Å²) < 4.78 is 26.9. The summed E-state index contributed by atoms with van der Waals surface area (Å²) in [6.07, 6.45) is 4.36. The molecule has 0 amide bonds. The van der Waals surface area contributed by atoms with E-state index in [1.165, 1.54) is 22.8 Å². The maximum atomic E-state index is 12.8. The van der Waals surface area contributed by atoms with Gasteiger partial charge in [0.05, 0.1) is 9.82 Å². The Labute approximate surface area is 207 Å². The van der Waals surface area contributed by atoms with Crippen LogP contribution in [-0.4, -0.2) is 53.3 Å². The fourth-order valence-electron chi connectivity index (χ4n) is 6.11. The van der Waals surface area contributed by atoms with Gasteiger partial charge < -0.3 is 10.2 Å². The molecular formula is C24H34N6O4S. The van der Waals surface area contributed by atoms with Crippen LogP contribution in [0.3, 0.4) is 0 Å². The van der Waals surface area contributed by atoms with Crippen LogP contribution in [0.4, 0.5) is 23.0 Å². The van der Waals surface area contributed by atoms with Crippen LogP contribution < -0.4 is 10.2 Å². The Balaban J connectivity index is 1.64. The van der Waals surface area contributed by atoms with Gasteiger partial charge in [-0.05, 0) is 54.4 Å². The third-order valence-electron chi connectivity index (χ3n) is 7.13. The molecule has 2 atom stereocenters. The first-order chi connectivity index (χ1) is 16.4. The summed E-state index contributed by atoms with van der Waals surface area (Å²) in [5.41, 5.74) is 0.596. The molecule has 35 heavy (non-hydrogen) atoms. The van der Waals surface area contributed by atoms with Crippen molar-refractivity contribution >= 4 is 33.0 Å². The van der Waals surface area contributed by atoms with Crippen LogP contribution in [0.1, 0.15) is 53.9 Å². The molecular weight excluding hydrogens is 468 g/mol. The minimum absolute atomic E-state index is 0.0882. The Hall–Kier alpha value is -2.79. The zero-order chi connectivity index (χ0) is 25.6. The number of nitrogens with one attached hydrogen (secondary N) is 1. The van der Waals surface area contributed by atoms with Crippen molar-refractivity contribution in [3.05, 3.63) is 40.7 Å². The molecule has 2 bridgehead atoms. The van der Waals surface area contributed by atoms with E-state index in [1.807, 2.05) is 0 Å². The van der Waals surface area contributed by atoms with Gasteiger partial charge in [0.15, 0.2) is 0 Å². The highest BCUT2D eigenvalue weighted by Crippen LogP contribution is 2.54. The number of nitro groups is 1. The number of hydrogen-bond donors (Lipinski definition) is 1. The van der Waals surface area contributed by atoms with E-state index in [2.05, 4.69) is 41.0 Å². The van der Waals surface area contributed by atoms with Crippen LogP contribution in [0, 0.1) is 20.9 Å². The van der Waals surface area contributed by atoms with Gasteiger partial charge in [0.2, 0.25) is 21.7 Å². The average Bonchev–Trinajstić information content (AvgIpc) is 3.03. The number of aromatic nitrogens is 2. The molecule has 2 aromatic rings. The van der Waals surface area contributed by atoms with Crippen LogP contribution >= 0.6 is 0 Å². The number of anilines is 3. The highest BCUT2D eigenvalue weighted by atomic mass is 32.2. The Bertz CT molecular complexity index is 1210. The number of sulfonamides is 1. The molecule has 190 valence electrons. The van der Waals surface area contributed by atoms with E-state index in [1.54, 1.807) is 26.0 Å². The first-order valence-electron chi connectivity index (χ1n) is 12.0. The largest absolute Gasteiger partial charge is 0.353 e. The molecule has 4 rings (SSSR count). The Morgan fingerprint density at radius 1 is 1.14 bits per heavy atom. The van der Waals surface area contributed by atoms with Crippen molar-refractivity contribution in [3.63, 3.8) is 0 Å². The first-order valence-corrected chi connectivity index (χ1v) is 13.5. The lowest BCUT2D eigenvalue weighted by Gasteiger charge is -2.39. The van der Waals surface area contributed by atoms with Crippen molar-refractivity contribution in [2.45, 2.75) is 64.8 Å². The van der Waals surface area contributed by atoms with Crippen LogP contribution in [0.5, 0.6) is 0 Å². The normalized spacial score (nSPS) is 23.5. The standard InChI is InChI=1S/C24H34N6O4S/c1-6-28(7-2)35(33,34)19-10-8-17(9-11-19)27-21-20(30(31)32)22(26-16-25-21)29-15-24(5)13-18(29)12-23(3,4)14-24/h8-11,16,18H,6-7,12-15H2,1-5H3,(H,25,26,27). The van der Waals surface area contributed by atoms with Gasteiger partial charge in [-0.15, -0.1) is 0 Å². The van der Waals surface area contributed by atoms with Gasteiger partial charge >= 0.3 is 5.69 Å².